The van der Waals surface area contributed by atoms with Crippen LogP contribution in [0.4, 0.5) is 0 Å². The van der Waals surface area contributed by atoms with E-state index in [1.807, 2.05) is 0 Å². The lowest BCUT2D eigenvalue weighted by Crippen LogP contribution is -2.47. The molecule has 5 nitrogen and oxygen atoms in total. The molecule has 2 aliphatic heterocycles. The first-order valence-electron chi connectivity index (χ1n) is 6.15. The summed E-state index contributed by atoms with van der Waals surface area (Å²) in [4.78, 5) is 13.1. The molecular weight excluding hydrogens is 242 g/mol. The SMILES string of the molecule is O=C(O)[C@@H]1CCCN(C2CCS(=O)(=O)CC2)C1. The van der Waals surface area contributed by atoms with Gasteiger partial charge in [-0.3, -0.25) is 9.69 Å². The van der Waals surface area contributed by atoms with Crippen LogP contribution in [0, 0.1) is 5.92 Å². The van der Waals surface area contributed by atoms with Crippen molar-refractivity contribution >= 4 is 15.8 Å². The number of sulfone groups is 1. The minimum absolute atomic E-state index is 0.256. The van der Waals surface area contributed by atoms with E-state index in [-0.39, 0.29) is 23.5 Å². The van der Waals surface area contributed by atoms with E-state index >= 15 is 0 Å². The Hall–Kier alpha value is -0.620. The Morgan fingerprint density at radius 3 is 2.41 bits per heavy atom. The topological polar surface area (TPSA) is 74.7 Å². The first-order chi connectivity index (χ1) is 7.98. The maximum absolute atomic E-state index is 11.3. The minimum Gasteiger partial charge on any atom is -0.481 e. The lowest BCUT2D eigenvalue weighted by atomic mass is 9.95. The van der Waals surface area contributed by atoms with Crippen molar-refractivity contribution in [2.45, 2.75) is 31.7 Å². The van der Waals surface area contributed by atoms with Crippen molar-refractivity contribution in [3.05, 3.63) is 0 Å². The zero-order chi connectivity index (χ0) is 12.5. The Bertz CT molecular complexity index is 378. The van der Waals surface area contributed by atoms with Crippen molar-refractivity contribution in [2.75, 3.05) is 24.6 Å². The van der Waals surface area contributed by atoms with E-state index in [0.29, 0.717) is 19.4 Å². The van der Waals surface area contributed by atoms with Crippen LogP contribution >= 0.6 is 0 Å². The highest BCUT2D eigenvalue weighted by Crippen LogP contribution is 2.24. The number of aliphatic carboxylic acids is 1. The van der Waals surface area contributed by atoms with E-state index in [4.69, 9.17) is 5.11 Å². The average Bonchev–Trinajstić information content (AvgIpc) is 2.29. The van der Waals surface area contributed by atoms with E-state index in [1.54, 1.807) is 0 Å². The molecule has 17 heavy (non-hydrogen) atoms. The van der Waals surface area contributed by atoms with E-state index in [9.17, 15) is 13.2 Å². The molecule has 0 aliphatic carbocycles. The van der Waals surface area contributed by atoms with Gasteiger partial charge in [-0.15, -0.1) is 0 Å². The fourth-order valence-electron chi connectivity index (χ4n) is 2.78. The molecule has 2 rings (SSSR count). The lowest BCUT2D eigenvalue weighted by Gasteiger charge is -2.38. The number of nitrogens with zero attached hydrogens (tertiary/aromatic N) is 1. The molecular formula is C11H19NO4S. The molecule has 0 aromatic heterocycles. The molecule has 2 heterocycles. The summed E-state index contributed by atoms with van der Waals surface area (Å²) in [7, 11) is -2.83. The number of hydrogen-bond donors (Lipinski definition) is 1. The van der Waals surface area contributed by atoms with Crippen LogP contribution in [0.1, 0.15) is 25.7 Å². The van der Waals surface area contributed by atoms with Gasteiger partial charge in [-0.2, -0.15) is 0 Å². The van der Waals surface area contributed by atoms with Gasteiger partial charge < -0.3 is 5.11 Å². The highest BCUT2D eigenvalue weighted by Gasteiger charge is 2.32. The molecule has 0 bridgehead atoms. The molecule has 2 saturated heterocycles. The van der Waals surface area contributed by atoms with Crippen LogP contribution in [-0.2, 0) is 14.6 Å². The summed E-state index contributed by atoms with van der Waals surface area (Å²) in [5, 5.41) is 9.01. The van der Waals surface area contributed by atoms with Gasteiger partial charge in [0.15, 0.2) is 0 Å². The average molecular weight is 261 g/mol. The fourth-order valence-corrected chi connectivity index (χ4v) is 4.25. The first-order valence-corrected chi connectivity index (χ1v) is 7.97. The van der Waals surface area contributed by atoms with Crippen LogP contribution in [0.25, 0.3) is 0 Å². The van der Waals surface area contributed by atoms with Crippen LogP contribution in [0.15, 0.2) is 0 Å². The van der Waals surface area contributed by atoms with Crippen molar-refractivity contribution in [3.63, 3.8) is 0 Å². The predicted octanol–water partition coefficient (Wildman–Crippen LogP) is 0.360. The summed E-state index contributed by atoms with van der Waals surface area (Å²) in [6.07, 6.45) is 2.97. The van der Waals surface area contributed by atoms with Gasteiger partial charge >= 0.3 is 5.97 Å². The smallest absolute Gasteiger partial charge is 0.307 e. The van der Waals surface area contributed by atoms with Crippen LogP contribution in [0.5, 0.6) is 0 Å². The van der Waals surface area contributed by atoms with Gasteiger partial charge in [0.1, 0.15) is 9.84 Å². The Morgan fingerprint density at radius 1 is 1.18 bits per heavy atom. The number of carbonyl (C=O) groups is 1. The highest BCUT2D eigenvalue weighted by molar-refractivity contribution is 7.91. The number of carboxylic acids is 1. The molecule has 6 heteroatoms. The van der Waals surface area contributed by atoms with Gasteiger partial charge in [-0.05, 0) is 32.2 Å². The second-order valence-corrected chi connectivity index (χ2v) is 7.36. The third-order valence-electron chi connectivity index (χ3n) is 3.84. The van der Waals surface area contributed by atoms with Crippen LogP contribution < -0.4 is 0 Å². The maximum atomic E-state index is 11.3. The van der Waals surface area contributed by atoms with Gasteiger partial charge in [0.05, 0.1) is 17.4 Å². The van der Waals surface area contributed by atoms with E-state index < -0.39 is 15.8 Å². The zero-order valence-corrected chi connectivity index (χ0v) is 10.7. The molecule has 98 valence electrons. The molecule has 1 N–H and O–H groups in total. The van der Waals surface area contributed by atoms with E-state index in [2.05, 4.69) is 4.90 Å². The third kappa shape index (κ3) is 3.19. The Balaban J connectivity index is 1.92. The number of hydrogen-bond acceptors (Lipinski definition) is 4. The van der Waals surface area contributed by atoms with Crippen LogP contribution in [0.2, 0.25) is 0 Å². The molecule has 1 atom stereocenters. The Labute approximate surface area is 102 Å². The molecule has 0 aromatic carbocycles. The lowest BCUT2D eigenvalue weighted by molar-refractivity contribution is -0.144. The van der Waals surface area contributed by atoms with Crippen molar-refractivity contribution < 1.29 is 18.3 Å². The maximum Gasteiger partial charge on any atom is 0.307 e. The molecule has 0 saturated carbocycles. The first kappa shape index (κ1) is 12.8. The van der Waals surface area contributed by atoms with Gasteiger partial charge in [-0.1, -0.05) is 0 Å². The summed E-state index contributed by atoms with van der Waals surface area (Å²) in [5.74, 6) is -0.488. The largest absolute Gasteiger partial charge is 0.481 e. The molecule has 2 aliphatic rings. The fraction of sp³-hybridized carbons (Fsp3) is 0.909. The number of likely N-dealkylation sites (tertiary alicyclic amines) is 1. The number of carboxylic acid groups (broad SMARTS) is 1. The summed E-state index contributed by atoms with van der Waals surface area (Å²) in [5.41, 5.74) is 0. The normalized spacial score (nSPS) is 31.2. The Morgan fingerprint density at radius 2 is 1.82 bits per heavy atom. The predicted molar refractivity (Wildman–Crippen MR) is 63.6 cm³/mol. The molecule has 2 fully saturated rings. The summed E-state index contributed by atoms with van der Waals surface area (Å²) in [6, 6.07) is 0.265. The van der Waals surface area contributed by atoms with E-state index in [1.165, 1.54) is 0 Å². The number of rotatable bonds is 2. The van der Waals surface area contributed by atoms with Crippen molar-refractivity contribution in [1.82, 2.24) is 4.90 Å². The van der Waals surface area contributed by atoms with Crippen molar-refractivity contribution in [2.24, 2.45) is 5.92 Å². The summed E-state index contributed by atoms with van der Waals surface area (Å²) in [6.45, 7) is 1.49. The third-order valence-corrected chi connectivity index (χ3v) is 5.56. The Kier molecular flexibility index (Phi) is 3.73. The molecule has 0 radical (unpaired) electrons. The van der Waals surface area contributed by atoms with Gasteiger partial charge in [0, 0.05) is 12.6 Å². The standard InChI is InChI=1S/C11H19NO4S/c13-11(14)9-2-1-5-12(8-9)10-3-6-17(15,16)7-4-10/h9-10H,1-8H2,(H,13,14)/t9-/m1/s1. The molecule has 0 amide bonds. The van der Waals surface area contributed by atoms with Gasteiger partial charge in [0.25, 0.3) is 0 Å². The molecule has 0 unspecified atom stereocenters. The minimum atomic E-state index is -2.83. The monoisotopic (exact) mass is 261 g/mol. The van der Waals surface area contributed by atoms with Crippen molar-refractivity contribution in [3.8, 4) is 0 Å². The van der Waals surface area contributed by atoms with Crippen LogP contribution in [0.3, 0.4) is 0 Å². The quantitative estimate of drug-likeness (QED) is 0.777. The van der Waals surface area contributed by atoms with Crippen LogP contribution in [-0.4, -0.2) is 55.0 Å². The number of piperidine rings is 1. The van der Waals surface area contributed by atoms with Crippen molar-refractivity contribution in [1.29, 1.82) is 0 Å². The summed E-state index contributed by atoms with van der Waals surface area (Å²) < 4.78 is 22.7. The molecule has 0 spiro atoms. The molecule has 0 aromatic rings. The van der Waals surface area contributed by atoms with Gasteiger partial charge in [0.2, 0.25) is 0 Å². The second-order valence-electron chi connectivity index (χ2n) is 5.06. The summed E-state index contributed by atoms with van der Waals surface area (Å²) >= 11 is 0. The second kappa shape index (κ2) is 4.94. The van der Waals surface area contributed by atoms with Gasteiger partial charge in [-0.25, -0.2) is 8.42 Å². The zero-order valence-electron chi connectivity index (χ0n) is 9.84. The highest BCUT2D eigenvalue weighted by atomic mass is 32.2. The van der Waals surface area contributed by atoms with E-state index in [0.717, 1.165) is 19.4 Å².